The second-order valence-electron chi connectivity index (χ2n) is 5.40. The number of aromatic hydroxyl groups is 2. The zero-order chi connectivity index (χ0) is 16.1. The van der Waals surface area contributed by atoms with Crippen LogP contribution in [0.4, 0.5) is 0 Å². The first-order valence-corrected chi connectivity index (χ1v) is 7.11. The van der Waals surface area contributed by atoms with Crippen LogP contribution < -0.4 is 10.3 Å². The summed E-state index contributed by atoms with van der Waals surface area (Å²) >= 11 is 0. The maximum absolute atomic E-state index is 12.6. The van der Waals surface area contributed by atoms with E-state index < -0.39 is 0 Å². The first-order chi connectivity index (χ1) is 11.1. The Bertz CT molecular complexity index is 1030. The fourth-order valence-electron chi connectivity index (χ4n) is 2.98. The van der Waals surface area contributed by atoms with Gasteiger partial charge in [0.05, 0.1) is 5.39 Å². The minimum Gasteiger partial charge on any atom is -0.508 e. The summed E-state index contributed by atoms with van der Waals surface area (Å²) in [5.74, 6) is 1.10. The predicted octanol–water partition coefficient (Wildman–Crippen LogP) is 3.37. The summed E-state index contributed by atoms with van der Waals surface area (Å²) in [6.07, 6.45) is 3.32. The highest BCUT2D eigenvalue weighted by Crippen LogP contribution is 2.48. The summed E-state index contributed by atoms with van der Waals surface area (Å²) in [6.45, 7) is 3.98. The Kier molecular flexibility index (Phi) is 2.72. The molecule has 23 heavy (non-hydrogen) atoms. The van der Waals surface area contributed by atoms with Crippen LogP contribution in [0.25, 0.3) is 21.9 Å². The summed E-state index contributed by atoms with van der Waals surface area (Å²) in [4.78, 5) is 12.6. The summed E-state index contributed by atoms with van der Waals surface area (Å²) < 4.78 is 7.30. The molecule has 0 unspecified atom stereocenters. The van der Waals surface area contributed by atoms with E-state index in [4.69, 9.17) is 4.74 Å². The van der Waals surface area contributed by atoms with Gasteiger partial charge in [-0.3, -0.25) is 4.79 Å². The van der Waals surface area contributed by atoms with Crippen molar-refractivity contribution in [3.05, 3.63) is 59.5 Å². The molecular formula is C18H13NO4. The van der Waals surface area contributed by atoms with Gasteiger partial charge in [0.1, 0.15) is 23.0 Å². The van der Waals surface area contributed by atoms with Crippen molar-refractivity contribution in [2.75, 3.05) is 0 Å². The number of nitrogens with zero attached hydrogens (tertiary/aromatic N) is 1. The van der Waals surface area contributed by atoms with Crippen molar-refractivity contribution in [1.29, 1.82) is 0 Å². The van der Waals surface area contributed by atoms with Gasteiger partial charge in [-0.25, -0.2) is 0 Å². The molecule has 1 aromatic heterocycles. The Hall–Kier alpha value is -3.21. The third-order valence-corrected chi connectivity index (χ3v) is 3.97. The van der Waals surface area contributed by atoms with E-state index in [2.05, 4.69) is 6.58 Å². The van der Waals surface area contributed by atoms with Gasteiger partial charge in [-0.05, 0) is 30.3 Å². The van der Waals surface area contributed by atoms with Crippen LogP contribution in [0, 0.1) is 0 Å². The van der Waals surface area contributed by atoms with Gasteiger partial charge in [0.15, 0.2) is 0 Å². The summed E-state index contributed by atoms with van der Waals surface area (Å²) in [5, 5.41) is 20.7. The largest absolute Gasteiger partial charge is 0.508 e. The normalized spacial score (nSPS) is 11.8. The van der Waals surface area contributed by atoms with E-state index >= 15 is 0 Å². The second kappa shape index (κ2) is 4.64. The Balaban J connectivity index is 2.21. The minimum absolute atomic E-state index is 0.0967. The molecule has 0 amide bonds. The van der Waals surface area contributed by atoms with Crippen molar-refractivity contribution < 1.29 is 14.9 Å². The zero-order valence-corrected chi connectivity index (χ0v) is 12.1. The molecule has 1 aliphatic rings. The molecule has 2 heterocycles. The maximum Gasteiger partial charge on any atom is 0.262 e. The summed E-state index contributed by atoms with van der Waals surface area (Å²) in [5.41, 5.74) is 1.09. The average molecular weight is 307 g/mol. The Morgan fingerprint density at radius 3 is 2.65 bits per heavy atom. The SMILES string of the molecule is C=CCn1cc2c3c(ccc(O)c3c1=O)Oc1ccc(O)cc1-2. The molecule has 4 rings (SSSR count). The van der Waals surface area contributed by atoms with Crippen molar-refractivity contribution in [2.45, 2.75) is 6.54 Å². The van der Waals surface area contributed by atoms with Crippen LogP contribution in [0.2, 0.25) is 0 Å². The zero-order valence-electron chi connectivity index (χ0n) is 12.1. The molecular weight excluding hydrogens is 294 g/mol. The average Bonchev–Trinajstić information content (AvgIpc) is 2.53. The number of rotatable bonds is 2. The van der Waals surface area contributed by atoms with Gasteiger partial charge < -0.3 is 19.5 Å². The van der Waals surface area contributed by atoms with Crippen LogP contribution in [-0.2, 0) is 6.54 Å². The van der Waals surface area contributed by atoms with Gasteiger partial charge in [-0.15, -0.1) is 6.58 Å². The van der Waals surface area contributed by atoms with Crippen molar-refractivity contribution >= 4 is 10.8 Å². The molecule has 5 nitrogen and oxygen atoms in total. The van der Waals surface area contributed by atoms with Gasteiger partial charge in [0, 0.05) is 29.3 Å². The number of fused-ring (bicyclic) bond motifs is 2. The minimum atomic E-state index is -0.310. The van der Waals surface area contributed by atoms with E-state index in [0.29, 0.717) is 29.0 Å². The lowest BCUT2D eigenvalue weighted by Gasteiger charge is -2.22. The molecule has 0 atom stereocenters. The molecule has 0 saturated heterocycles. The van der Waals surface area contributed by atoms with Crippen molar-refractivity contribution in [1.82, 2.24) is 4.57 Å². The number of ether oxygens (including phenoxy) is 1. The standard InChI is InChI=1S/C18H13NO4/c1-2-7-19-9-12-11-8-10(20)3-5-14(11)23-15-6-4-13(21)17(16(12)15)18(19)22/h2-6,8-9,20-21H,1,7H2. The molecule has 1 aliphatic heterocycles. The molecule has 3 aromatic rings. The van der Waals surface area contributed by atoms with Gasteiger partial charge >= 0.3 is 0 Å². The van der Waals surface area contributed by atoms with Crippen molar-refractivity contribution in [3.8, 4) is 34.1 Å². The highest BCUT2D eigenvalue weighted by molar-refractivity contribution is 6.05. The Morgan fingerprint density at radius 2 is 1.87 bits per heavy atom. The number of allylic oxidation sites excluding steroid dienone is 1. The molecule has 0 spiro atoms. The molecule has 2 N–H and O–H groups in total. The molecule has 0 fully saturated rings. The fourth-order valence-corrected chi connectivity index (χ4v) is 2.98. The van der Waals surface area contributed by atoms with Gasteiger partial charge in [-0.1, -0.05) is 6.08 Å². The molecule has 0 saturated carbocycles. The number of aromatic nitrogens is 1. The van der Waals surface area contributed by atoms with Crippen LogP contribution in [0.15, 0.2) is 54.0 Å². The lowest BCUT2D eigenvalue weighted by Crippen LogP contribution is -2.20. The highest BCUT2D eigenvalue weighted by atomic mass is 16.5. The monoisotopic (exact) mass is 307 g/mol. The molecule has 0 bridgehead atoms. The van der Waals surface area contributed by atoms with E-state index in [-0.39, 0.29) is 22.4 Å². The predicted molar refractivity (Wildman–Crippen MR) is 87.2 cm³/mol. The Labute approximate surface area is 131 Å². The maximum atomic E-state index is 12.6. The molecule has 114 valence electrons. The molecule has 5 heteroatoms. The van der Waals surface area contributed by atoms with Crippen molar-refractivity contribution in [3.63, 3.8) is 0 Å². The molecule has 2 aromatic carbocycles. The van der Waals surface area contributed by atoms with Crippen LogP contribution in [-0.4, -0.2) is 14.8 Å². The van der Waals surface area contributed by atoms with Crippen LogP contribution in [0.5, 0.6) is 23.0 Å². The molecule has 0 aliphatic carbocycles. The van der Waals surface area contributed by atoms with Gasteiger partial charge in [-0.2, -0.15) is 0 Å². The highest BCUT2D eigenvalue weighted by Gasteiger charge is 2.24. The molecule has 0 radical (unpaired) electrons. The third kappa shape index (κ3) is 1.83. The van der Waals surface area contributed by atoms with Crippen LogP contribution in [0.3, 0.4) is 0 Å². The summed E-state index contributed by atoms with van der Waals surface area (Å²) in [7, 11) is 0. The summed E-state index contributed by atoms with van der Waals surface area (Å²) in [6, 6.07) is 7.89. The lowest BCUT2D eigenvalue weighted by atomic mass is 9.96. The number of pyridine rings is 1. The van der Waals surface area contributed by atoms with E-state index in [1.807, 2.05) is 0 Å². The fraction of sp³-hybridized carbons (Fsp3) is 0.0556. The number of benzene rings is 2. The van der Waals surface area contributed by atoms with E-state index in [1.165, 1.54) is 10.6 Å². The topological polar surface area (TPSA) is 71.7 Å². The lowest BCUT2D eigenvalue weighted by molar-refractivity contribution is 0.463. The van der Waals surface area contributed by atoms with Crippen molar-refractivity contribution in [2.24, 2.45) is 0 Å². The number of hydrogen-bond donors (Lipinski definition) is 2. The third-order valence-electron chi connectivity index (χ3n) is 3.97. The number of phenols is 2. The first kappa shape index (κ1) is 13.5. The van der Waals surface area contributed by atoms with Gasteiger partial charge in [0.2, 0.25) is 0 Å². The van der Waals surface area contributed by atoms with E-state index in [1.54, 1.807) is 36.5 Å². The quantitative estimate of drug-likeness (QED) is 0.557. The first-order valence-electron chi connectivity index (χ1n) is 7.11. The second-order valence-corrected chi connectivity index (χ2v) is 5.40. The van der Waals surface area contributed by atoms with Crippen LogP contribution >= 0.6 is 0 Å². The van der Waals surface area contributed by atoms with Crippen LogP contribution in [0.1, 0.15) is 0 Å². The Morgan fingerprint density at radius 1 is 1.09 bits per heavy atom. The number of phenolic OH excluding ortho intramolecular Hbond substituents is 2. The van der Waals surface area contributed by atoms with Gasteiger partial charge in [0.25, 0.3) is 5.56 Å². The van der Waals surface area contributed by atoms with E-state index in [9.17, 15) is 15.0 Å². The van der Waals surface area contributed by atoms with E-state index in [0.717, 1.165) is 5.56 Å². The number of hydrogen-bond acceptors (Lipinski definition) is 4. The smallest absolute Gasteiger partial charge is 0.262 e.